The van der Waals surface area contributed by atoms with E-state index in [0.29, 0.717) is 18.2 Å². The van der Waals surface area contributed by atoms with Gasteiger partial charge in [0, 0.05) is 29.2 Å². The van der Waals surface area contributed by atoms with Crippen molar-refractivity contribution in [3.05, 3.63) is 41.1 Å². The molecular formula is C17H16F2N4O2. The molecule has 2 saturated carbocycles. The normalized spacial score (nSPS) is 26.2. The van der Waals surface area contributed by atoms with Crippen molar-refractivity contribution in [1.29, 1.82) is 0 Å². The number of hydrogen-bond donors (Lipinski definition) is 3. The van der Waals surface area contributed by atoms with Gasteiger partial charge in [-0.15, -0.1) is 0 Å². The molecule has 1 aliphatic heterocycles. The molecule has 25 heavy (non-hydrogen) atoms. The number of carbonyl (C=O) groups excluding carboxylic acids is 1. The molecule has 0 radical (unpaired) electrons. The van der Waals surface area contributed by atoms with Crippen LogP contribution in [0.25, 0.3) is 0 Å². The first-order chi connectivity index (χ1) is 12.1. The highest BCUT2D eigenvalue weighted by Gasteiger charge is 2.61. The van der Waals surface area contributed by atoms with Crippen LogP contribution in [-0.2, 0) is 0 Å². The maximum atomic E-state index is 14.1. The van der Waals surface area contributed by atoms with Crippen LogP contribution >= 0.6 is 0 Å². The third kappa shape index (κ3) is 2.35. The molecule has 2 fully saturated rings. The van der Waals surface area contributed by atoms with Gasteiger partial charge in [0.25, 0.3) is 0 Å². The second kappa shape index (κ2) is 4.93. The first kappa shape index (κ1) is 14.7. The molecule has 0 saturated heterocycles. The molecule has 130 valence electrons. The van der Waals surface area contributed by atoms with E-state index in [1.807, 2.05) is 6.07 Å². The van der Waals surface area contributed by atoms with Gasteiger partial charge in [0.1, 0.15) is 12.4 Å². The number of nitrogens with one attached hydrogen (secondary N) is 3. The molecule has 8 heteroatoms. The van der Waals surface area contributed by atoms with Crippen LogP contribution in [0.4, 0.5) is 19.4 Å². The van der Waals surface area contributed by atoms with E-state index in [-0.39, 0.29) is 23.8 Å². The second-order valence-corrected chi connectivity index (χ2v) is 7.04. The molecule has 1 unspecified atom stereocenters. The average molecular weight is 346 g/mol. The number of aromatic nitrogens is 2. The molecule has 6 nitrogen and oxygen atoms in total. The Bertz CT molecular complexity index is 880. The van der Waals surface area contributed by atoms with Gasteiger partial charge in [0.2, 0.25) is 0 Å². The number of benzene rings is 1. The van der Waals surface area contributed by atoms with Gasteiger partial charge >= 0.3 is 6.03 Å². The zero-order valence-corrected chi connectivity index (χ0v) is 13.2. The minimum absolute atomic E-state index is 0.0401. The van der Waals surface area contributed by atoms with Crippen molar-refractivity contribution >= 4 is 11.8 Å². The van der Waals surface area contributed by atoms with Crippen LogP contribution in [0.3, 0.4) is 0 Å². The lowest BCUT2D eigenvalue weighted by molar-refractivity contribution is 0.209. The zero-order chi connectivity index (χ0) is 17.2. The lowest BCUT2D eigenvalue weighted by Crippen LogP contribution is -2.46. The van der Waals surface area contributed by atoms with Gasteiger partial charge in [-0.3, -0.25) is 10.4 Å². The molecule has 1 aromatic heterocycles. The van der Waals surface area contributed by atoms with Crippen molar-refractivity contribution in [2.24, 2.45) is 0 Å². The Labute approximate surface area is 141 Å². The molecule has 1 aromatic carbocycles. The van der Waals surface area contributed by atoms with Crippen LogP contribution < -0.4 is 15.4 Å². The topological polar surface area (TPSA) is 79.0 Å². The Morgan fingerprint density at radius 2 is 2.12 bits per heavy atom. The summed E-state index contributed by atoms with van der Waals surface area (Å²) in [5.41, 5.74) is 0.536. The minimum Gasteiger partial charge on any atom is -0.488 e. The lowest BCUT2D eigenvalue weighted by atomic mass is 10.0. The molecule has 0 spiro atoms. The smallest absolute Gasteiger partial charge is 0.321 e. The summed E-state index contributed by atoms with van der Waals surface area (Å²) in [6, 6.07) is 3.54. The Hall–Kier alpha value is -2.64. The highest BCUT2D eigenvalue weighted by molar-refractivity contribution is 5.89. The van der Waals surface area contributed by atoms with Crippen molar-refractivity contribution in [3.63, 3.8) is 0 Å². The summed E-state index contributed by atoms with van der Waals surface area (Å²) < 4.78 is 33.3. The summed E-state index contributed by atoms with van der Waals surface area (Å²) in [4.78, 5) is 12.3. The van der Waals surface area contributed by atoms with Crippen molar-refractivity contribution < 1.29 is 18.3 Å². The molecular weight excluding hydrogens is 330 g/mol. The monoisotopic (exact) mass is 346 g/mol. The van der Waals surface area contributed by atoms with Crippen LogP contribution in [0.5, 0.6) is 5.75 Å². The van der Waals surface area contributed by atoms with Crippen molar-refractivity contribution in [2.45, 2.75) is 36.6 Å². The summed E-state index contributed by atoms with van der Waals surface area (Å²) in [6.07, 6.45) is 2.79. The zero-order valence-electron chi connectivity index (χ0n) is 13.2. The van der Waals surface area contributed by atoms with Crippen LogP contribution in [0.2, 0.25) is 0 Å². The van der Waals surface area contributed by atoms with E-state index in [0.717, 1.165) is 30.7 Å². The predicted octanol–water partition coefficient (Wildman–Crippen LogP) is 3.01. The van der Waals surface area contributed by atoms with Gasteiger partial charge in [-0.05, 0) is 31.4 Å². The third-order valence-corrected chi connectivity index (χ3v) is 5.21. The Balaban J connectivity index is 1.30. The van der Waals surface area contributed by atoms with Gasteiger partial charge in [-0.25, -0.2) is 13.6 Å². The van der Waals surface area contributed by atoms with Crippen LogP contribution in [0.1, 0.15) is 42.4 Å². The Morgan fingerprint density at radius 1 is 1.32 bits per heavy atom. The molecule has 2 atom stereocenters. The molecule has 3 N–H and O–H groups in total. The first-order valence-electron chi connectivity index (χ1n) is 8.31. The fraction of sp³-hybridized carbons (Fsp3) is 0.412. The standard InChI is InChI=1S/C17H16F2N4O2/c18-10-3-4-11(19)15-14(10)9-6-17(9,7-25-15)21-16(24)20-13-5-12(22-23-13)8-1-2-8/h3-5,8-9H,1-2,6-7H2,(H3,20,21,22,23,24)/t9?,17-/m1/s1. The number of amides is 2. The number of nitrogens with zero attached hydrogens (tertiary/aromatic N) is 1. The highest BCUT2D eigenvalue weighted by Crippen LogP contribution is 2.58. The first-order valence-corrected chi connectivity index (χ1v) is 8.31. The number of rotatable bonds is 3. The number of anilines is 1. The quantitative estimate of drug-likeness (QED) is 0.799. The molecule has 2 amide bonds. The number of halogens is 2. The van der Waals surface area contributed by atoms with E-state index in [1.54, 1.807) is 0 Å². The molecule has 0 bridgehead atoms. The van der Waals surface area contributed by atoms with Crippen LogP contribution in [0, 0.1) is 11.6 Å². The van der Waals surface area contributed by atoms with E-state index >= 15 is 0 Å². The fourth-order valence-electron chi connectivity index (χ4n) is 3.62. The van der Waals surface area contributed by atoms with Crippen LogP contribution in [0.15, 0.2) is 18.2 Å². The molecule has 2 heterocycles. The predicted molar refractivity (Wildman–Crippen MR) is 84.7 cm³/mol. The maximum Gasteiger partial charge on any atom is 0.321 e. The summed E-state index contributed by atoms with van der Waals surface area (Å²) in [6.45, 7) is 0.117. The van der Waals surface area contributed by atoms with E-state index in [2.05, 4.69) is 20.8 Å². The number of fused-ring (bicyclic) bond motifs is 3. The summed E-state index contributed by atoms with van der Waals surface area (Å²) in [5, 5.41) is 12.5. The minimum atomic E-state index is -0.693. The van der Waals surface area contributed by atoms with Crippen molar-refractivity contribution in [3.8, 4) is 5.75 Å². The number of carbonyl (C=O) groups is 1. The van der Waals surface area contributed by atoms with Gasteiger partial charge in [0.15, 0.2) is 17.4 Å². The summed E-state index contributed by atoms with van der Waals surface area (Å²) in [5.74, 6) is -0.446. The average Bonchev–Trinajstić information content (AvgIpc) is 3.49. The summed E-state index contributed by atoms with van der Waals surface area (Å²) >= 11 is 0. The van der Waals surface area contributed by atoms with Crippen molar-refractivity contribution in [1.82, 2.24) is 15.5 Å². The maximum absolute atomic E-state index is 14.1. The van der Waals surface area contributed by atoms with Gasteiger partial charge < -0.3 is 10.1 Å². The molecule has 2 aliphatic carbocycles. The van der Waals surface area contributed by atoms with E-state index in [1.165, 1.54) is 0 Å². The summed E-state index contributed by atoms with van der Waals surface area (Å²) in [7, 11) is 0. The lowest BCUT2D eigenvalue weighted by Gasteiger charge is -2.26. The molecule has 5 rings (SSSR count). The number of hydrogen-bond acceptors (Lipinski definition) is 3. The van der Waals surface area contributed by atoms with E-state index < -0.39 is 23.2 Å². The van der Waals surface area contributed by atoms with Gasteiger partial charge in [-0.1, -0.05) is 0 Å². The number of H-pyrrole nitrogens is 1. The Morgan fingerprint density at radius 3 is 2.92 bits per heavy atom. The van der Waals surface area contributed by atoms with Gasteiger partial charge in [0.05, 0.1) is 5.54 Å². The third-order valence-electron chi connectivity index (χ3n) is 5.21. The fourth-order valence-corrected chi connectivity index (χ4v) is 3.62. The Kier molecular flexibility index (Phi) is 2.90. The molecule has 3 aliphatic rings. The molecule has 2 aromatic rings. The van der Waals surface area contributed by atoms with Crippen molar-refractivity contribution in [2.75, 3.05) is 11.9 Å². The number of aromatic amines is 1. The van der Waals surface area contributed by atoms with E-state index in [4.69, 9.17) is 4.74 Å². The van der Waals surface area contributed by atoms with E-state index in [9.17, 15) is 13.6 Å². The SMILES string of the molecule is O=C(Nc1cc(C2CC2)[nH]n1)N[C@]12COc3c(F)ccc(F)c3C1C2. The second-order valence-electron chi connectivity index (χ2n) is 7.04. The number of ether oxygens (including phenoxy) is 1. The highest BCUT2D eigenvalue weighted by atomic mass is 19.1. The largest absolute Gasteiger partial charge is 0.488 e. The number of urea groups is 1. The van der Waals surface area contributed by atoms with Crippen LogP contribution in [-0.4, -0.2) is 28.4 Å². The van der Waals surface area contributed by atoms with Gasteiger partial charge in [-0.2, -0.15) is 5.10 Å².